The van der Waals surface area contributed by atoms with Crippen molar-refractivity contribution in [2.24, 2.45) is 4.99 Å². The van der Waals surface area contributed by atoms with Crippen LogP contribution in [0.2, 0.25) is 0 Å². The summed E-state index contributed by atoms with van der Waals surface area (Å²) >= 11 is 0. The van der Waals surface area contributed by atoms with Gasteiger partial charge in [-0.1, -0.05) is 19.9 Å². The van der Waals surface area contributed by atoms with E-state index in [4.69, 9.17) is 14.2 Å². The molecule has 0 saturated carbocycles. The van der Waals surface area contributed by atoms with Crippen molar-refractivity contribution in [1.82, 2.24) is 15.5 Å². The van der Waals surface area contributed by atoms with Gasteiger partial charge in [-0.15, -0.1) is 0 Å². The summed E-state index contributed by atoms with van der Waals surface area (Å²) in [7, 11) is 3.42. The summed E-state index contributed by atoms with van der Waals surface area (Å²) in [6.07, 6.45) is 0. The number of methoxy groups -OCH3 is 1. The summed E-state index contributed by atoms with van der Waals surface area (Å²) in [5.74, 6) is 2.26. The number of rotatable bonds is 13. The Morgan fingerprint density at radius 2 is 1.85 bits per heavy atom. The molecule has 1 aromatic rings. The molecule has 154 valence electrons. The number of hydrogen-bond donors (Lipinski definition) is 2. The predicted octanol–water partition coefficient (Wildman–Crippen LogP) is 2.12. The maximum Gasteiger partial charge on any atom is 0.191 e. The van der Waals surface area contributed by atoms with E-state index in [2.05, 4.69) is 34.4 Å². The second-order valence-electron chi connectivity index (χ2n) is 5.91. The number of nitrogens with zero attached hydrogens (tertiary/aromatic N) is 2. The fraction of sp³-hybridized carbons (Fsp3) is 0.650. The summed E-state index contributed by atoms with van der Waals surface area (Å²) in [4.78, 5) is 6.54. The van der Waals surface area contributed by atoms with Crippen LogP contribution in [0.4, 0.5) is 0 Å². The van der Waals surface area contributed by atoms with Crippen molar-refractivity contribution >= 4 is 5.96 Å². The maximum atomic E-state index is 5.90. The summed E-state index contributed by atoms with van der Waals surface area (Å²) in [5.41, 5.74) is 1.09. The number of likely N-dealkylation sites (N-methyl/N-ethyl adjacent to an activating group) is 1. The topological polar surface area (TPSA) is 67.3 Å². The van der Waals surface area contributed by atoms with Gasteiger partial charge in [0.2, 0.25) is 0 Å². The third-order valence-corrected chi connectivity index (χ3v) is 4.21. The van der Waals surface area contributed by atoms with Crippen LogP contribution in [0.25, 0.3) is 0 Å². The molecule has 2 N–H and O–H groups in total. The van der Waals surface area contributed by atoms with Gasteiger partial charge >= 0.3 is 0 Å². The summed E-state index contributed by atoms with van der Waals surface area (Å²) in [6.45, 7) is 12.6. The summed E-state index contributed by atoms with van der Waals surface area (Å²) in [5, 5.41) is 6.50. The Labute approximate surface area is 164 Å². The number of ether oxygens (including phenoxy) is 3. The number of guanidine groups is 1. The van der Waals surface area contributed by atoms with Gasteiger partial charge in [0.1, 0.15) is 6.61 Å². The fourth-order valence-corrected chi connectivity index (χ4v) is 2.56. The zero-order valence-corrected chi connectivity index (χ0v) is 17.5. The summed E-state index contributed by atoms with van der Waals surface area (Å²) < 4.78 is 16.7. The molecule has 7 heteroatoms. The predicted molar refractivity (Wildman–Crippen MR) is 111 cm³/mol. The highest BCUT2D eigenvalue weighted by atomic mass is 16.5. The van der Waals surface area contributed by atoms with Gasteiger partial charge in [0, 0.05) is 33.3 Å². The molecular formula is C20H36N4O3. The molecule has 0 bridgehead atoms. The molecule has 0 aliphatic carbocycles. The smallest absolute Gasteiger partial charge is 0.191 e. The van der Waals surface area contributed by atoms with Gasteiger partial charge in [-0.3, -0.25) is 4.99 Å². The van der Waals surface area contributed by atoms with Gasteiger partial charge in [0.15, 0.2) is 17.5 Å². The monoisotopic (exact) mass is 380 g/mol. The Morgan fingerprint density at radius 3 is 2.48 bits per heavy atom. The van der Waals surface area contributed by atoms with Gasteiger partial charge in [-0.2, -0.15) is 0 Å². The molecule has 27 heavy (non-hydrogen) atoms. The minimum atomic E-state index is 0.643. The lowest BCUT2D eigenvalue weighted by molar-refractivity contribution is 0.152. The molecule has 0 spiro atoms. The highest BCUT2D eigenvalue weighted by molar-refractivity contribution is 5.79. The second kappa shape index (κ2) is 14.1. The van der Waals surface area contributed by atoms with Crippen LogP contribution < -0.4 is 20.1 Å². The average molecular weight is 381 g/mol. The molecular weight excluding hydrogens is 344 g/mol. The number of nitrogens with one attached hydrogen (secondary N) is 2. The summed E-state index contributed by atoms with van der Waals surface area (Å²) in [6, 6.07) is 5.99. The van der Waals surface area contributed by atoms with Crippen LogP contribution in [0.1, 0.15) is 26.3 Å². The van der Waals surface area contributed by atoms with Gasteiger partial charge < -0.3 is 29.7 Å². The number of aliphatic imine (C=N–C) groups is 1. The molecule has 0 aliphatic rings. The zero-order chi connectivity index (χ0) is 19.9. The van der Waals surface area contributed by atoms with E-state index in [0.717, 1.165) is 55.8 Å². The van der Waals surface area contributed by atoms with E-state index < -0.39 is 0 Å². The SMILES string of the molecule is CCOCCNC(=NC)NCc1ccc(OCCN(CC)CC)c(OC)c1. The van der Waals surface area contributed by atoms with Crippen LogP contribution in [0.15, 0.2) is 23.2 Å². The Balaban J connectivity index is 2.52. The lowest BCUT2D eigenvalue weighted by Crippen LogP contribution is -2.38. The first-order chi connectivity index (χ1) is 13.2. The fourth-order valence-electron chi connectivity index (χ4n) is 2.56. The number of benzene rings is 1. The highest BCUT2D eigenvalue weighted by Crippen LogP contribution is 2.28. The lowest BCUT2D eigenvalue weighted by Gasteiger charge is -2.19. The first-order valence-corrected chi connectivity index (χ1v) is 9.72. The van der Waals surface area contributed by atoms with Gasteiger partial charge in [-0.25, -0.2) is 0 Å². The Morgan fingerprint density at radius 1 is 1.07 bits per heavy atom. The molecule has 1 aromatic carbocycles. The molecule has 0 radical (unpaired) electrons. The molecule has 0 heterocycles. The molecule has 0 saturated heterocycles. The molecule has 0 aliphatic heterocycles. The molecule has 0 aromatic heterocycles. The van der Waals surface area contributed by atoms with Crippen LogP contribution in [0.3, 0.4) is 0 Å². The van der Waals surface area contributed by atoms with Crippen molar-refractivity contribution in [2.75, 3.05) is 60.2 Å². The van der Waals surface area contributed by atoms with Gasteiger partial charge in [-0.05, 0) is 37.7 Å². The van der Waals surface area contributed by atoms with E-state index in [1.165, 1.54) is 0 Å². The van der Waals surface area contributed by atoms with Crippen molar-refractivity contribution in [3.8, 4) is 11.5 Å². The van der Waals surface area contributed by atoms with E-state index >= 15 is 0 Å². The van der Waals surface area contributed by atoms with Crippen molar-refractivity contribution < 1.29 is 14.2 Å². The van der Waals surface area contributed by atoms with Crippen molar-refractivity contribution in [3.05, 3.63) is 23.8 Å². The Hall–Kier alpha value is -1.99. The number of hydrogen-bond acceptors (Lipinski definition) is 5. The van der Waals surface area contributed by atoms with Gasteiger partial charge in [0.05, 0.1) is 13.7 Å². The molecule has 1 rings (SSSR count). The standard InChI is InChI=1S/C20H36N4O3/c1-6-24(7-2)12-14-27-18-10-9-17(15-19(18)25-5)16-23-20(21-4)22-11-13-26-8-3/h9-10,15H,6-8,11-14,16H2,1-5H3,(H2,21,22,23). The van der Waals surface area contributed by atoms with Crippen LogP contribution in [0, 0.1) is 0 Å². The van der Waals surface area contributed by atoms with E-state index in [1.54, 1.807) is 14.2 Å². The van der Waals surface area contributed by atoms with E-state index in [-0.39, 0.29) is 0 Å². The highest BCUT2D eigenvalue weighted by Gasteiger charge is 2.07. The van der Waals surface area contributed by atoms with Crippen LogP contribution in [0.5, 0.6) is 11.5 Å². The zero-order valence-electron chi connectivity index (χ0n) is 17.5. The molecule has 0 amide bonds. The minimum Gasteiger partial charge on any atom is -0.493 e. The van der Waals surface area contributed by atoms with Gasteiger partial charge in [0.25, 0.3) is 0 Å². The largest absolute Gasteiger partial charge is 0.493 e. The maximum absolute atomic E-state index is 5.90. The third-order valence-electron chi connectivity index (χ3n) is 4.21. The first kappa shape index (κ1) is 23.0. The van der Waals surface area contributed by atoms with Crippen molar-refractivity contribution in [3.63, 3.8) is 0 Å². The minimum absolute atomic E-state index is 0.643. The molecule has 7 nitrogen and oxygen atoms in total. The third kappa shape index (κ3) is 8.97. The lowest BCUT2D eigenvalue weighted by atomic mass is 10.2. The Bertz CT molecular complexity index is 548. The van der Waals surface area contributed by atoms with E-state index in [0.29, 0.717) is 19.8 Å². The van der Waals surface area contributed by atoms with Crippen LogP contribution in [-0.2, 0) is 11.3 Å². The molecule has 0 unspecified atom stereocenters. The second-order valence-corrected chi connectivity index (χ2v) is 5.91. The van der Waals surface area contributed by atoms with Crippen molar-refractivity contribution in [2.45, 2.75) is 27.3 Å². The average Bonchev–Trinajstić information content (AvgIpc) is 2.71. The van der Waals surface area contributed by atoms with E-state index in [1.807, 2.05) is 25.1 Å². The van der Waals surface area contributed by atoms with Crippen molar-refractivity contribution in [1.29, 1.82) is 0 Å². The molecule has 0 fully saturated rings. The van der Waals surface area contributed by atoms with E-state index in [9.17, 15) is 0 Å². The quantitative estimate of drug-likeness (QED) is 0.310. The first-order valence-electron chi connectivity index (χ1n) is 9.72. The normalized spacial score (nSPS) is 11.6. The Kier molecular flexibility index (Phi) is 12.1. The van der Waals surface area contributed by atoms with Crippen LogP contribution in [-0.4, -0.2) is 71.0 Å². The van der Waals surface area contributed by atoms with Crippen LogP contribution >= 0.6 is 0 Å². The molecule has 0 atom stereocenters.